The van der Waals surface area contributed by atoms with Crippen molar-refractivity contribution >= 4 is 0 Å². The molecule has 6 atom stereocenters. The summed E-state index contributed by atoms with van der Waals surface area (Å²) in [5.74, 6) is 0.653. The van der Waals surface area contributed by atoms with E-state index in [-0.39, 0.29) is 30.1 Å². The van der Waals surface area contributed by atoms with E-state index in [1.165, 1.54) is 16.7 Å². The fourth-order valence-corrected chi connectivity index (χ4v) is 6.17. The lowest BCUT2D eigenvalue weighted by Crippen LogP contribution is -2.57. The predicted molar refractivity (Wildman–Crippen MR) is 103 cm³/mol. The van der Waals surface area contributed by atoms with Crippen LogP contribution in [0.3, 0.4) is 0 Å². The van der Waals surface area contributed by atoms with Crippen LogP contribution in [0, 0.1) is 22.7 Å². The molecule has 2 N–H and O–H groups in total. The van der Waals surface area contributed by atoms with Crippen LogP contribution in [0.4, 0.5) is 0 Å². The fourth-order valence-electron chi connectivity index (χ4n) is 6.17. The zero-order valence-electron chi connectivity index (χ0n) is 17.2. The van der Waals surface area contributed by atoms with Gasteiger partial charge in [0.2, 0.25) is 0 Å². The maximum atomic E-state index is 10.7. The molecule has 0 aromatic heterocycles. The summed E-state index contributed by atoms with van der Waals surface area (Å²) in [5.41, 5.74) is 3.48. The van der Waals surface area contributed by atoms with Gasteiger partial charge in [-0.05, 0) is 65.7 Å². The van der Waals surface area contributed by atoms with Crippen molar-refractivity contribution in [1.29, 1.82) is 0 Å². The summed E-state index contributed by atoms with van der Waals surface area (Å²) in [6.45, 7) is 8.82. The molecule has 3 aliphatic carbocycles. The van der Waals surface area contributed by atoms with Gasteiger partial charge in [0.15, 0.2) is 0 Å². The van der Waals surface area contributed by atoms with Crippen molar-refractivity contribution in [2.45, 2.75) is 71.7 Å². The van der Waals surface area contributed by atoms with Gasteiger partial charge in [-0.3, -0.25) is 0 Å². The number of aliphatic hydroxyl groups excluding tert-OH is 2. The normalized spacial score (nSPS) is 43.2. The van der Waals surface area contributed by atoms with E-state index in [0.717, 1.165) is 25.7 Å². The van der Waals surface area contributed by atoms with Crippen molar-refractivity contribution in [3.8, 4) is 0 Å². The minimum atomic E-state index is -0.464. The number of ether oxygens (including phenoxy) is 2. The van der Waals surface area contributed by atoms with Crippen LogP contribution in [-0.2, 0) is 9.47 Å². The first-order valence-electron chi connectivity index (χ1n) is 10.0. The van der Waals surface area contributed by atoms with E-state index in [4.69, 9.17) is 9.47 Å². The Balaban J connectivity index is 2.12. The average molecular weight is 365 g/mol. The molecule has 3 rings (SSSR count). The van der Waals surface area contributed by atoms with Gasteiger partial charge in [0.05, 0.1) is 24.9 Å². The second-order valence-electron chi connectivity index (χ2n) is 9.26. The summed E-state index contributed by atoms with van der Waals surface area (Å²) in [7, 11) is 3.59. The number of aliphatic hydroxyl groups is 2. The van der Waals surface area contributed by atoms with Gasteiger partial charge < -0.3 is 19.7 Å². The largest absolute Gasteiger partial charge is 0.396 e. The van der Waals surface area contributed by atoms with E-state index >= 15 is 0 Å². The molecule has 0 heterocycles. The van der Waals surface area contributed by atoms with Gasteiger partial charge in [0, 0.05) is 19.6 Å². The number of hydrogen-bond donors (Lipinski definition) is 2. The van der Waals surface area contributed by atoms with Crippen LogP contribution in [0.2, 0.25) is 0 Å². The van der Waals surface area contributed by atoms with Crippen LogP contribution in [0.5, 0.6) is 0 Å². The van der Waals surface area contributed by atoms with Crippen LogP contribution in [0.25, 0.3) is 0 Å². The molecule has 0 aromatic rings. The van der Waals surface area contributed by atoms with E-state index in [1.807, 2.05) is 0 Å². The minimum absolute atomic E-state index is 0.0233. The molecular weight excluding hydrogens is 328 g/mol. The van der Waals surface area contributed by atoms with Crippen molar-refractivity contribution in [1.82, 2.24) is 0 Å². The Morgan fingerprint density at radius 1 is 1.19 bits per heavy atom. The highest BCUT2D eigenvalue weighted by molar-refractivity contribution is 5.45. The fraction of sp³-hybridized carbons (Fsp3) is 0.818. The standard InChI is InChI=1S/C22H36O4/c1-13(2)15-11-16(25-5)19-14(20(15)26-6)7-8-17-21(19,3)10-9-18(24)22(17,4)12-23/h11,13,16-18,20,23-24H,7-10,12H2,1-6H3. The smallest absolute Gasteiger partial charge is 0.0999 e. The molecular formula is C22H36O4. The molecule has 0 bridgehead atoms. The van der Waals surface area contributed by atoms with Gasteiger partial charge in [0.1, 0.15) is 0 Å². The molecule has 0 aromatic carbocycles. The highest BCUT2D eigenvalue weighted by Gasteiger charge is 2.58. The van der Waals surface area contributed by atoms with E-state index in [9.17, 15) is 10.2 Å². The Hall–Kier alpha value is -0.680. The molecule has 148 valence electrons. The third kappa shape index (κ3) is 2.72. The van der Waals surface area contributed by atoms with Crippen molar-refractivity contribution in [2.75, 3.05) is 20.8 Å². The third-order valence-corrected chi connectivity index (χ3v) is 7.67. The van der Waals surface area contributed by atoms with E-state index in [2.05, 4.69) is 33.8 Å². The molecule has 1 fully saturated rings. The molecule has 0 spiro atoms. The maximum Gasteiger partial charge on any atom is 0.0999 e. The first kappa shape index (κ1) is 20.1. The van der Waals surface area contributed by atoms with Gasteiger partial charge in [-0.1, -0.05) is 27.7 Å². The second kappa shape index (κ2) is 7.05. The molecule has 4 nitrogen and oxygen atoms in total. The highest BCUT2D eigenvalue weighted by Crippen LogP contribution is 2.62. The minimum Gasteiger partial charge on any atom is -0.396 e. The summed E-state index contributed by atoms with van der Waals surface area (Å²) in [4.78, 5) is 0. The first-order chi connectivity index (χ1) is 12.2. The lowest BCUT2D eigenvalue weighted by atomic mass is 9.47. The first-order valence-corrected chi connectivity index (χ1v) is 10.0. The quantitative estimate of drug-likeness (QED) is 0.750. The van der Waals surface area contributed by atoms with Gasteiger partial charge in [-0.25, -0.2) is 0 Å². The van der Waals surface area contributed by atoms with E-state index in [0.29, 0.717) is 5.92 Å². The molecule has 0 saturated heterocycles. The maximum absolute atomic E-state index is 10.7. The van der Waals surface area contributed by atoms with Crippen molar-refractivity contribution in [3.05, 3.63) is 22.8 Å². The van der Waals surface area contributed by atoms with Crippen molar-refractivity contribution < 1.29 is 19.7 Å². The zero-order chi connectivity index (χ0) is 19.3. The van der Waals surface area contributed by atoms with Gasteiger partial charge in [-0.15, -0.1) is 0 Å². The molecule has 0 aliphatic heterocycles. The van der Waals surface area contributed by atoms with E-state index in [1.54, 1.807) is 14.2 Å². The number of methoxy groups -OCH3 is 2. The number of hydrogen-bond acceptors (Lipinski definition) is 4. The van der Waals surface area contributed by atoms with Crippen LogP contribution < -0.4 is 0 Å². The van der Waals surface area contributed by atoms with Gasteiger partial charge in [-0.2, -0.15) is 0 Å². The Bertz CT molecular complexity index is 607. The third-order valence-electron chi connectivity index (χ3n) is 7.67. The van der Waals surface area contributed by atoms with Crippen molar-refractivity contribution in [2.24, 2.45) is 22.7 Å². The molecule has 0 amide bonds. The average Bonchev–Trinajstić information content (AvgIpc) is 2.63. The Morgan fingerprint density at radius 3 is 2.42 bits per heavy atom. The van der Waals surface area contributed by atoms with Crippen LogP contribution >= 0.6 is 0 Å². The SMILES string of the molecule is COC1C=C(C(C)C)C(OC)C2=C1C1(C)CCC(O)C(C)(CO)C1CC2. The van der Waals surface area contributed by atoms with Crippen LogP contribution in [0.15, 0.2) is 22.8 Å². The lowest BCUT2D eigenvalue weighted by molar-refractivity contribution is -0.128. The molecule has 0 radical (unpaired) electrons. The summed E-state index contributed by atoms with van der Waals surface area (Å²) in [6.07, 6.45) is 5.36. The lowest BCUT2D eigenvalue weighted by Gasteiger charge is -2.59. The topological polar surface area (TPSA) is 58.9 Å². The molecule has 1 saturated carbocycles. The Kier molecular flexibility index (Phi) is 5.44. The number of fused-ring (bicyclic) bond motifs is 2. The second-order valence-corrected chi connectivity index (χ2v) is 9.26. The van der Waals surface area contributed by atoms with Gasteiger partial charge >= 0.3 is 0 Å². The molecule has 3 aliphatic rings. The molecule has 6 unspecified atom stereocenters. The van der Waals surface area contributed by atoms with E-state index < -0.39 is 11.5 Å². The zero-order valence-corrected chi connectivity index (χ0v) is 17.2. The highest BCUT2D eigenvalue weighted by atomic mass is 16.5. The Morgan fingerprint density at radius 2 is 1.88 bits per heavy atom. The summed E-state index contributed by atoms with van der Waals surface area (Å²) in [5, 5.41) is 20.8. The summed E-state index contributed by atoms with van der Waals surface area (Å²) in [6, 6.07) is 0. The predicted octanol–water partition coefficient (Wildman–Crippen LogP) is 3.48. The summed E-state index contributed by atoms with van der Waals surface area (Å²) < 4.78 is 11.9. The van der Waals surface area contributed by atoms with Crippen LogP contribution in [-0.4, -0.2) is 49.4 Å². The molecule has 26 heavy (non-hydrogen) atoms. The summed E-state index contributed by atoms with van der Waals surface area (Å²) >= 11 is 0. The van der Waals surface area contributed by atoms with Gasteiger partial charge in [0.25, 0.3) is 0 Å². The monoisotopic (exact) mass is 364 g/mol. The Labute approximate surface area is 158 Å². The number of rotatable bonds is 4. The van der Waals surface area contributed by atoms with Crippen molar-refractivity contribution in [3.63, 3.8) is 0 Å². The van der Waals surface area contributed by atoms with Crippen LogP contribution in [0.1, 0.15) is 53.4 Å². The molecule has 4 heteroatoms.